The Balaban J connectivity index is 1.58. The smallest absolute Gasteiger partial charge is 0.0951 e. The number of imidazole rings is 1. The van der Waals surface area contributed by atoms with Crippen molar-refractivity contribution in [1.29, 1.82) is 0 Å². The van der Waals surface area contributed by atoms with Crippen molar-refractivity contribution in [1.82, 2.24) is 9.55 Å². The summed E-state index contributed by atoms with van der Waals surface area (Å²) >= 11 is 0. The molecular weight excluding hydrogens is 300 g/mol. The van der Waals surface area contributed by atoms with Crippen LogP contribution in [-0.4, -0.2) is 27.4 Å². The number of aromatic nitrogens is 2. The molecule has 0 amide bonds. The standard InChI is InChI=1S/C20H26N2O2/c1-20(2)9-8-17(12-19(20)23)18-13-21-15-22(18)10-11-24-14-16-6-4-3-5-7-16/h3-7,12-13,15,19,23H,8-11,14H2,1-2H3. The molecule has 0 radical (unpaired) electrons. The molecule has 0 saturated heterocycles. The van der Waals surface area contributed by atoms with Crippen molar-refractivity contribution in [2.75, 3.05) is 6.61 Å². The van der Waals surface area contributed by atoms with E-state index in [1.54, 1.807) is 0 Å². The van der Waals surface area contributed by atoms with E-state index < -0.39 is 6.10 Å². The van der Waals surface area contributed by atoms with Crippen molar-refractivity contribution in [2.45, 2.75) is 45.9 Å². The van der Waals surface area contributed by atoms with Crippen LogP contribution in [0.4, 0.5) is 0 Å². The van der Waals surface area contributed by atoms with E-state index in [-0.39, 0.29) is 5.41 Å². The molecule has 0 bridgehead atoms. The summed E-state index contributed by atoms with van der Waals surface area (Å²) in [5, 5.41) is 10.3. The molecule has 4 heteroatoms. The quantitative estimate of drug-likeness (QED) is 0.824. The van der Waals surface area contributed by atoms with Gasteiger partial charge in [-0.05, 0) is 29.4 Å². The third-order valence-electron chi connectivity index (χ3n) is 4.83. The predicted octanol–water partition coefficient (Wildman–Crippen LogP) is 3.66. The maximum atomic E-state index is 10.3. The number of aliphatic hydroxyl groups excluding tert-OH is 1. The number of rotatable bonds is 6. The van der Waals surface area contributed by atoms with E-state index in [9.17, 15) is 5.11 Å². The molecule has 24 heavy (non-hydrogen) atoms. The van der Waals surface area contributed by atoms with Gasteiger partial charge in [-0.15, -0.1) is 0 Å². The Labute approximate surface area is 143 Å². The van der Waals surface area contributed by atoms with Gasteiger partial charge < -0.3 is 14.4 Å². The van der Waals surface area contributed by atoms with Gasteiger partial charge in [-0.2, -0.15) is 0 Å². The minimum atomic E-state index is -0.404. The highest BCUT2D eigenvalue weighted by molar-refractivity contribution is 5.64. The number of benzene rings is 1. The lowest BCUT2D eigenvalue weighted by Crippen LogP contribution is -2.30. The van der Waals surface area contributed by atoms with Crippen LogP contribution in [0.5, 0.6) is 0 Å². The number of ether oxygens (including phenoxy) is 1. The van der Waals surface area contributed by atoms with Crippen LogP contribution in [0.25, 0.3) is 5.57 Å². The second-order valence-electron chi connectivity index (χ2n) is 7.14. The summed E-state index contributed by atoms with van der Waals surface area (Å²) < 4.78 is 7.89. The molecule has 2 aromatic rings. The van der Waals surface area contributed by atoms with Crippen LogP contribution in [0.2, 0.25) is 0 Å². The Kier molecular flexibility index (Phi) is 5.17. The van der Waals surface area contributed by atoms with Crippen LogP contribution in [0.3, 0.4) is 0 Å². The molecule has 0 fully saturated rings. The third kappa shape index (κ3) is 3.94. The molecule has 1 aromatic heterocycles. The maximum Gasteiger partial charge on any atom is 0.0951 e. The van der Waals surface area contributed by atoms with Gasteiger partial charge in [0.05, 0.1) is 37.5 Å². The summed E-state index contributed by atoms with van der Waals surface area (Å²) in [6.45, 7) is 6.25. The normalized spacial score (nSPS) is 20.0. The highest BCUT2D eigenvalue weighted by Gasteiger charge is 2.31. The highest BCUT2D eigenvalue weighted by atomic mass is 16.5. The molecule has 1 aromatic carbocycles. The molecule has 0 spiro atoms. The van der Waals surface area contributed by atoms with E-state index in [0.717, 1.165) is 25.1 Å². The molecule has 4 nitrogen and oxygen atoms in total. The van der Waals surface area contributed by atoms with Crippen LogP contribution in [0.15, 0.2) is 48.9 Å². The van der Waals surface area contributed by atoms with E-state index in [0.29, 0.717) is 13.2 Å². The monoisotopic (exact) mass is 326 g/mol. The largest absolute Gasteiger partial charge is 0.388 e. The van der Waals surface area contributed by atoms with Crippen LogP contribution in [0, 0.1) is 5.41 Å². The summed E-state index contributed by atoms with van der Waals surface area (Å²) in [4.78, 5) is 4.28. The van der Waals surface area contributed by atoms with Crippen molar-refractivity contribution in [2.24, 2.45) is 5.41 Å². The predicted molar refractivity (Wildman–Crippen MR) is 95.3 cm³/mol. The lowest BCUT2D eigenvalue weighted by Gasteiger charge is -2.33. The maximum absolute atomic E-state index is 10.3. The lowest BCUT2D eigenvalue weighted by molar-refractivity contribution is 0.0792. The fourth-order valence-corrected chi connectivity index (χ4v) is 3.01. The van der Waals surface area contributed by atoms with E-state index in [4.69, 9.17) is 4.74 Å². The molecule has 3 rings (SSSR count). The zero-order valence-corrected chi connectivity index (χ0v) is 14.5. The Morgan fingerprint density at radius 2 is 2.08 bits per heavy atom. The molecule has 1 N–H and O–H groups in total. The first kappa shape index (κ1) is 16.9. The molecule has 1 unspecified atom stereocenters. The summed E-state index contributed by atoms with van der Waals surface area (Å²) in [5.74, 6) is 0. The SMILES string of the molecule is CC1(C)CCC(c2cncn2CCOCc2ccccc2)=CC1O. The van der Waals surface area contributed by atoms with Gasteiger partial charge in [0.1, 0.15) is 0 Å². The van der Waals surface area contributed by atoms with Crippen LogP contribution >= 0.6 is 0 Å². The minimum Gasteiger partial charge on any atom is -0.388 e. The summed E-state index contributed by atoms with van der Waals surface area (Å²) in [6, 6.07) is 10.2. The molecule has 0 saturated carbocycles. The van der Waals surface area contributed by atoms with E-state index in [1.807, 2.05) is 36.8 Å². The van der Waals surface area contributed by atoms with Gasteiger partial charge in [-0.25, -0.2) is 4.98 Å². The van der Waals surface area contributed by atoms with Crippen molar-refractivity contribution in [3.8, 4) is 0 Å². The van der Waals surface area contributed by atoms with Gasteiger partial charge in [0.2, 0.25) is 0 Å². The van der Waals surface area contributed by atoms with Crippen molar-refractivity contribution >= 4 is 5.57 Å². The molecule has 0 aliphatic heterocycles. The van der Waals surface area contributed by atoms with Crippen molar-refractivity contribution in [3.05, 3.63) is 60.2 Å². The number of hydrogen-bond donors (Lipinski definition) is 1. The molecule has 1 atom stereocenters. The first-order valence-electron chi connectivity index (χ1n) is 8.57. The van der Waals surface area contributed by atoms with Gasteiger partial charge in [-0.1, -0.05) is 50.3 Å². The topological polar surface area (TPSA) is 47.3 Å². The third-order valence-corrected chi connectivity index (χ3v) is 4.83. The average Bonchev–Trinajstić information content (AvgIpc) is 3.04. The second kappa shape index (κ2) is 7.32. The fraction of sp³-hybridized carbons (Fsp3) is 0.450. The zero-order valence-electron chi connectivity index (χ0n) is 14.5. The van der Waals surface area contributed by atoms with E-state index >= 15 is 0 Å². The summed E-state index contributed by atoms with van der Waals surface area (Å²) in [7, 11) is 0. The van der Waals surface area contributed by atoms with Crippen molar-refractivity contribution in [3.63, 3.8) is 0 Å². The Morgan fingerprint density at radius 3 is 2.83 bits per heavy atom. The molecular formula is C20H26N2O2. The average molecular weight is 326 g/mol. The number of aliphatic hydroxyl groups is 1. The van der Waals surface area contributed by atoms with Crippen molar-refractivity contribution < 1.29 is 9.84 Å². The van der Waals surface area contributed by atoms with Crippen LogP contribution in [-0.2, 0) is 17.9 Å². The Hall–Kier alpha value is -1.91. The zero-order chi connectivity index (χ0) is 17.0. The first-order chi connectivity index (χ1) is 11.6. The first-order valence-corrected chi connectivity index (χ1v) is 8.57. The minimum absolute atomic E-state index is 0.0485. The molecule has 128 valence electrons. The van der Waals surface area contributed by atoms with Gasteiger partial charge in [-0.3, -0.25) is 0 Å². The molecule has 1 heterocycles. The number of hydrogen-bond acceptors (Lipinski definition) is 3. The fourth-order valence-electron chi connectivity index (χ4n) is 3.01. The summed E-state index contributed by atoms with van der Waals surface area (Å²) in [5.41, 5.74) is 3.41. The highest BCUT2D eigenvalue weighted by Crippen LogP contribution is 2.38. The summed E-state index contributed by atoms with van der Waals surface area (Å²) in [6.07, 6.45) is 7.26. The van der Waals surface area contributed by atoms with Crippen LogP contribution < -0.4 is 0 Å². The Morgan fingerprint density at radius 1 is 1.29 bits per heavy atom. The van der Waals surface area contributed by atoms with Gasteiger partial charge in [0, 0.05) is 6.54 Å². The van der Waals surface area contributed by atoms with Gasteiger partial charge >= 0.3 is 0 Å². The Bertz CT molecular complexity index is 689. The van der Waals surface area contributed by atoms with Crippen LogP contribution in [0.1, 0.15) is 37.9 Å². The lowest BCUT2D eigenvalue weighted by atomic mass is 9.75. The number of nitrogens with zero attached hydrogens (tertiary/aromatic N) is 2. The van der Waals surface area contributed by atoms with Gasteiger partial charge in [0.25, 0.3) is 0 Å². The second-order valence-corrected chi connectivity index (χ2v) is 7.14. The van der Waals surface area contributed by atoms with E-state index in [1.165, 1.54) is 11.1 Å². The molecule has 1 aliphatic carbocycles. The van der Waals surface area contributed by atoms with Gasteiger partial charge in [0.15, 0.2) is 0 Å². The van der Waals surface area contributed by atoms with E-state index in [2.05, 4.69) is 35.5 Å². The number of allylic oxidation sites excluding steroid dienone is 1. The molecule has 1 aliphatic rings.